The van der Waals surface area contributed by atoms with Gasteiger partial charge in [-0.05, 0) is 41.0 Å². The second-order valence-corrected chi connectivity index (χ2v) is 6.43. The molecule has 0 heterocycles. The quantitative estimate of drug-likeness (QED) is 0.345. The minimum atomic E-state index is -1.07. The molecule has 4 heteroatoms. The molecule has 3 aromatic rings. The summed E-state index contributed by atoms with van der Waals surface area (Å²) >= 11 is 5.89. The molecule has 0 fully saturated rings. The Labute approximate surface area is 162 Å². The minimum Gasteiger partial charge on any atom is -0.478 e. The van der Waals surface area contributed by atoms with Gasteiger partial charge < -0.3 is 5.11 Å². The van der Waals surface area contributed by atoms with Gasteiger partial charge in [0, 0.05) is 17.0 Å². The molecule has 1 N–H and O–H groups in total. The van der Waals surface area contributed by atoms with Crippen LogP contribution in [0, 0.1) is 0 Å². The van der Waals surface area contributed by atoms with E-state index in [1.54, 1.807) is 48.5 Å². The summed E-state index contributed by atoms with van der Waals surface area (Å²) in [5.41, 5.74) is 2.37. The lowest BCUT2D eigenvalue weighted by Gasteiger charge is -2.13. The van der Waals surface area contributed by atoms with E-state index in [-0.39, 0.29) is 17.8 Å². The molecule has 3 rings (SSSR count). The Hall–Kier alpha value is -3.17. The third-order valence-corrected chi connectivity index (χ3v) is 4.46. The van der Waals surface area contributed by atoms with Crippen LogP contribution in [0.25, 0.3) is 11.1 Å². The van der Waals surface area contributed by atoms with Crippen LogP contribution in [0.1, 0.15) is 27.9 Å². The van der Waals surface area contributed by atoms with E-state index in [9.17, 15) is 14.7 Å². The number of benzene rings is 3. The van der Waals surface area contributed by atoms with Gasteiger partial charge in [0.25, 0.3) is 0 Å². The predicted octanol–water partition coefficient (Wildman–Crippen LogP) is 5.61. The zero-order valence-corrected chi connectivity index (χ0v) is 15.2. The summed E-state index contributed by atoms with van der Waals surface area (Å²) in [6, 6.07) is 24.6. The van der Waals surface area contributed by atoms with Crippen molar-refractivity contribution in [2.45, 2.75) is 6.42 Å². The van der Waals surface area contributed by atoms with Crippen LogP contribution < -0.4 is 0 Å². The average molecular weight is 377 g/mol. The summed E-state index contributed by atoms with van der Waals surface area (Å²) in [4.78, 5) is 24.9. The molecule has 0 aromatic heterocycles. The number of hydrogen-bond donors (Lipinski definition) is 1. The van der Waals surface area contributed by atoms with Crippen molar-refractivity contribution >= 4 is 34.5 Å². The summed E-state index contributed by atoms with van der Waals surface area (Å²) < 4.78 is 0. The molecule has 0 radical (unpaired) electrons. The molecule has 0 saturated carbocycles. The van der Waals surface area contributed by atoms with E-state index in [1.165, 1.54) is 0 Å². The number of carboxylic acid groups (broad SMARTS) is 1. The Morgan fingerprint density at radius 2 is 1.22 bits per heavy atom. The molecular weight excluding hydrogens is 360 g/mol. The maximum atomic E-state index is 12.8. The maximum absolute atomic E-state index is 12.8. The minimum absolute atomic E-state index is 0.0256. The van der Waals surface area contributed by atoms with Gasteiger partial charge in [-0.3, -0.25) is 4.79 Å². The molecule has 3 aromatic carbocycles. The van der Waals surface area contributed by atoms with Crippen LogP contribution >= 0.6 is 11.6 Å². The first kappa shape index (κ1) is 18.6. The number of ketones is 1. The van der Waals surface area contributed by atoms with E-state index in [0.717, 1.165) is 0 Å². The standard InChI is InChI=1S/C23H17ClO3/c24-19-13-11-17(12-14-19)21(25)15-20(16-7-3-1-4-8-16)22(23(26)27)18-9-5-2-6-10-18/h1-14H,15H2,(H,26,27)/b22-20+. The average Bonchev–Trinajstić information content (AvgIpc) is 2.69. The third kappa shape index (κ3) is 4.52. The first-order valence-electron chi connectivity index (χ1n) is 8.42. The highest BCUT2D eigenvalue weighted by Crippen LogP contribution is 2.30. The van der Waals surface area contributed by atoms with Crippen LogP contribution in [0.15, 0.2) is 84.9 Å². The van der Waals surface area contributed by atoms with Crippen LogP contribution in [-0.2, 0) is 4.79 Å². The first-order valence-corrected chi connectivity index (χ1v) is 8.80. The van der Waals surface area contributed by atoms with Crippen molar-refractivity contribution in [3.8, 4) is 0 Å². The zero-order valence-electron chi connectivity index (χ0n) is 14.4. The fourth-order valence-electron chi connectivity index (χ4n) is 2.90. The van der Waals surface area contributed by atoms with Crippen molar-refractivity contribution in [1.82, 2.24) is 0 Å². The number of carbonyl (C=O) groups is 2. The smallest absolute Gasteiger partial charge is 0.336 e. The largest absolute Gasteiger partial charge is 0.478 e. The monoisotopic (exact) mass is 376 g/mol. The maximum Gasteiger partial charge on any atom is 0.336 e. The van der Waals surface area contributed by atoms with Crippen molar-refractivity contribution in [2.24, 2.45) is 0 Å². The van der Waals surface area contributed by atoms with Crippen molar-refractivity contribution < 1.29 is 14.7 Å². The molecular formula is C23H17ClO3. The van der Waals surface area contributed by atoms with Gasteiger partial charge in [-0.25, -0.2) is 4.79 Å². The van der Waals surface area contributed by atoms with Gasteiger partial charge >= 0.3 is 5.97 Å². The summed E-state index contributed by atoms with van der Waals surface area (Å²) in [6.45, 7) is 0. The molecule has 0 aliphatic carbocycles. The van der Waals surface area contributed by atoms with Gasteiger partial charge in [0.05, 0.1) is 5.57 Å². The predicted molar refractivity (Wildman–Crippen MR) is 108 cm³/mol. The molecule has 27 heavy (non-hydrogen) atoms. The molecule has 3 nitrogen and oxygen atoms in total. The fraction of sp³-hybridized carbons (Fsp3) is 0.0435. The van der Waals surface area contributed by atoms with Crippen LogP contribution in [-0.4, -0.2) is 16.9 Å². The van der Waals surface area contributed by atoms with Crippen molar-refractivity contribution in [3.05, 3.63) is 107 Å². The number of carbonyl (C=O) groups excluding carboxylic acids is 1. The van der Waals surface area contributed by atoms with Gasteiger partial charge in [-0.2, -0.15) is 0 Å². The number of halogens is 1. The van der Waals surface area contributed by atoms with Gasteiger partial charge in [-0.1, -0.05) is 72.3 Å². The SMILES string of the molecule is O=C(O)/C(=C(\CC(=O)c1ccc(Cl)cc1)c1ccccc1)c1ccccc1. The number of hydrogen-bond acceptors (Lipinski definition) is 2. The summed E-state index contributed by atoms with van der Waals surface area (Å²) in [5, 5.41) is 10.4. The van der Waals surface area contributed by atoms with Crippen molar-refractivity contribution in [3.63, 3.8) is 0 Å². The molecule has 0 spiro atoms. The Morgan fingerprint density at radius 1 is 0.704 bits per heavy atom. The van der Waals surface area contributed by atoms with E-state index < -0.39 is 5.97 Å². The molecule has 0 amide bonds. The Bertz CT molecular complexity index is 975. The highest BCUT2D eigenvalue weighted by Gasteiger charge is 2.21. The lowest BCUT2D eigenvalue weighted by Crippen LogP contribution is -2.08. The number of allylic oxidation sites excluding steroid dienone is 1. The van der Waals surface area contributed by atoms with E-state index in [2.05, 4.69) is 0 Å². The Kier molecular flexibility index (Phi) is 5.84. The highest BCUT2D eigenvalue weighted by atomic mass is 35.5. The van der Waals surface area contributed by atoms with Crippen LogP contribution in [0.5, 0.6) is 0 Å². The van der Waals surface area contributed by atoms with E-state index in [4.69, 9.17) is 11.6 Å². The van der Waals surface area contributed by atoms with Gasteiger partial charge in [0.2, 0.25) is 0 Å². The summed E-state index contributed by atoms with van der Waals surface area (Å²) in [7, 11) is 0. The number of aliphatic carboxylic acids is 1. The van der Waals surface area contributed by atoms with Gasteiger partial charge in [0.15, 0.2) is 5.78 Å². The number of rotatable bonds is 6. The lowest BCUT2D eigenvalue weighted by molar-refractivity contribution is -0.130. The normalized spacial score (nSPS) is 11.6. The van der Waals surface area contributed by atoms with E-state index in [1.807, 2.05) is 36.4 Å². The Balaban J connectivity index is 2.12. The molecule has 134 valence electrons. The zero-order chi connectivity index (χ0) is 19.2. The topological polar surface area (TPSA) is 54.4 Å². The van der Waals surface area contributed by atoms with Crippen LogP contribution in [0.3, 0.4) is 0 Å². The third-order valence-electron chi connectivity index (χ3n) is 4.20. The molecule has 0 aliphatic rings. The van der Waals surface area contributed by atoms with Crippen molar-refractivity contribution in [1.29, 1.82) is 0 Å². The van der Waals surface area contributed by atoms with Gasteiger partial charge in [0.1, 0.15) is 0 Å². The van der Waals surface area contributed by atoms with Gasteiger partial charge in [-0.15, -0.1) is 0 Å². The molecule has 0 saturated heterocycles. The second-order valence-electron chi connectivity index (χ2n) is 6.00. The van der Waals surface area contributed by atoms with Crippen LogP contribution in [0.2, 0.25) is 5.02 Å². The molecule has 0 unspecified atom stereocenters. The number of Topliss-reactive ketones (excluding diaryl/α,β-unsaturated/α-hetero) is 1. The highest BCUT2D eigenvalue weighted by molar-refractivity contribution is 6.30. The first-order chi connectivity index (χ1) is 13.1. The molecule has 0 aliphatic heterocycles. The second kappa shape index (κ2) is 8.47. The van der Waals surface area contributed by atoms with E-state index in [0.29, 0.717) is 27.3 Å². The molecule has 0 bridgehead atoms. The van der Waals surface area contributed by atoms with Crippen LogP contribution in [0.4, 0.5) is 0 Å². The summed E-state index contributed by atoms with van der Waals surface area (Å²) in [6.07, 6.45) is -0.0256. The Morgan fingerprint density at radius 3 is 1.74 bits per heavy atom. The fourth-order valence-corrected chi connectivity index (χ4v) is 3.03. The molecule has 0 atom stereocenters. The van der Waals surface area contributed by atoms with E-state index >= 15 is 0 Å². The van der Waals surface area contributed by atoms with Crippen molar-refractivity contribution in [2.75, 3.05) is 0 Å². The number of carboxylic acids is 1. The summed E-state index contributed by atoms with van der Waals surface area (Å²) in [5.74, 6) is -1.23. The lowest BCUT2D eigenvalue weighted by atomic mass is 9.90.